The van der Waals surface area contributed by atoms with Crippen LogP contribution >= 0.6 is 0 Å². The van der Waals surface area contributed by atoms with Gasteiger partial charge >= 0.3 is 18.2 Å². The summed E-state index contributed by atoms with van der Waals surface area (Å²) in [5, 5.41) is 16.1. The number of alkyl carbamates (subject to hydrolysis) is 2. The molecule has 4 rings (SSSR count). The van der Waals surface area contributed by atoms with E-state index >= 15 is 0 Å². The summed E-state index contributed by atoms with van der Waals surface area (Å²) in [6, 6.07) is 12.0. The number of carbonyl (C=O) groups is 6. The molecule has 318 valence electrons. The molecule has 18 heteroatoms. The number of nitrogens with two attached hydrogens (primary N) is 1. The molecule has 0 aromatic heterocycles. The molecule has 0 radical (unpaired) electrons. The van der Waals surface area contributed by atoms with E-state index in [9.17, 15) is 28.8 Å². The second-order valence-electron chi connectivity index (χ2n) is 15.8. The molecule has 2 saturated heterocycles. The van der Waals surface area contributed by atoms with Crippen molar-refractivity contribution in [2.24, 2.45) is 11.7 Å². The minimum Gasteiger partial charge on any atom is -0.445 e. The highest BCUT2D eigenvalue weighted by molar-refractivity contribution is 5.98. The third-order valence-electron chi connectivity index (χ3n) is 8.96. The van der Waals surface area contributed by atoms with Crippen LogP contribution in [0.3, 0.4) is 0 Å². The maximum absolute atomic E-state index is 13.9. The molecule has 2 heterocycles. The van der Waals surface area contributed by atoms with Gasteiger partial charge in [0.25, 0.3) is 5.91 Å². The highest BCUT2D eigenvalue weighted by Crippen LogP contribution is 2.37. The second kappa shape index (κ2) is 20.3. The Labute approximate surface area is 338 Å². The van der Waals surface area contributed by atoms with Gasteiger partial charge in [0.1, 0.15) is 30.4 Å². The van der Waals surface area contributed by atoms with Gasteiger partial charge < -0.3 is 61.3 Å². The number of rotatable bonds is 17. The number of hydrogen-bond donors (Lipinski definition) is 7. The smallest absolute Gasteiger partial charge is 0.407 e. The maximum atomic E-state index is 13.9. The second-order valence-corrected chi connectivity index (χ2v) is 15.8. The summed E-state index contributed by atoms with van der Waals surface area (Å²) in [6.07, 6.45) is -3.62. The van der Waals surface area contributed by atoms with E-state index in [1.165, 1.54) is 0 Å². The van der Waals surface area contributed by atoms with Crippen LogP contribution in [0.2, 0.25) is 0 Å². The Hall–Kier alpha value is -5.46. The molecule has 58 heavy (non-hydrogen) atoms. The molecule has 0 bridgehead atoms. The summed E-state index contributed by atoms with van der Waals surface area (Å²) < 4.78 is 28.4. The van der Waals surface area contributed by atoms with Crippen LogP contribution in [0.1, 0.15) is 72.4 Å². The third kappa shape index (κ3) is 14.2. The van der Waals surface area contributed by atoms with Crippen LogP contribution in [0.5, 0.6) is 0 Å². The van der Waals surface area contributed by atoms with Gasteiger partial charge in [-0.2, -0.15) is 0 Å². The molecular weight excluding hydrogens is 754 g/mol. The summed E-state index contributed by atoms with van der Waals surface area (Å²) in [6.45, 7) is 12.6. The molecule has 2 aromatic rings. The van der Waals surface area contributed by atoms with Gasteiger partial charge in [0, 0.05) is 18.8 Å². The molecule has 2 unspecified atom stereocenters. The Balaban J connectivity index is 1.40. The fourth-order valence-corrected chi connectivity index (χ4v) is 6.22. The average molecular weight is 812 g/mol. The molecule has 0 aliphatic carbocycles. The number of anilines is 1. The standard InChI is InChI=1S/C40H57N7O11/c1-23(2)28(46-34(50)30-29(31-35(55-30)57-40(6,7)56-31)47-38(53)54-22-25-12-9-8-10-13-25)33(49)45-27(14-11-20-42-36(41)51)32(48)44-26-17-15-24(16-18-26)19-21-43-37(52)58-39(3,4)5/h8-10,12-13,15-18,23,27-31,35H,11,14,19-22H2,1-7H3,(H,43,52)(H,44,48)(H,45,49)(H,46,50)(H,47,53)(H3,41,42,51)/t27?,28-,29-,30?,31-,35-/m1/s1. The van der Waals surface area contributed by atoms with Gasteiger partial charge in [-0.25, -0.2) is 14.4 Å². The van der Waals surface area contributed by atoms with Crippen molar-refractivity contribution in [3.05, 3.63) is 65.7 Å². The lowest BCUT2D eigenvalue weighted by molar-refractivity contribution is -0.208. The molecule has 0 saturated carbocycles. The third-order valence-corrected chi connectivity index (χ3v) is 8.96. The molecule has 2 aromatic carbocycles. The lowest BCUT2D eigenvalue weighted by Crippen LogP contribution is -2.59. The first kappa shape index (κ1) is 45.2. The summed E-state index contributed by atoms with van der Waals surface area (Å²) in [5.41, 5.74) is 6.70. The van der Waals surface area contributed by atoms with Crippen molar-refractivity contribution in [1.29, 1.82) is 0 Å². The largest absolute Gasteiger partial charge is 0.445 e. The normalized spacial score (nSPS) is 20.5. The first-order valence-corrected chi connectivity index (χ1v) is 19.3. The SMILES string of the molecule is CC(C)[C@@H](NC(=O)C1O[C@@H]2OC(C)(C)O[C@@H]2[C@@H]1NC(=O)OCc1ccccc1)C(=O)NC(CCCNC(N)=O)C(=O)Nc1ccc(CCNC(=O)OC(C)(C)C)cc1. The van der Waals surface area contributed by atoms with Gasteiger partial charge in [0.15, 0.2) is 18.2 Å². The molecule has 6 atom stereocenters. The van der Waals surface area contributed by atoms with Gasteiger partial charge in [-0.05, 0) is 83.1 Å². The number of carbonyl (C=O) groups excluding carboxylic acids is 6. The number of benzene rings is 2. The fourth-order valence-electron chi connectivity index (χ4n) is 6.22. The first-order chi connectivity index (χ1) is 27.3. The van der Waals surface area contributed by atoms with Crippen molar-refractivity contribution in [1.82, 2.24) is 26.6 Å². The van der Waals surface area contributed by atoms with Crippen LogP contribution in [0, 0.1) is 5.92 Å². The highest BCUT2D eigenvalue weighted by atomic mass is 16.8. The maximum Gasteiger partial charge on any atom is 0.407 e. The van der Waals surface area contributed by atoms with Crippen LogP contribution in [0.15, 0.2) is 54.6 Å². The monoisotopic (exact) mass is 811 g/mol. The molecule has 8 N–H and O–H groups in total. The van der Waals surface area contributed by atoms with Gasteiger partial charge in [-0.3, -0.25) is 14.4 Å². The number of nitrogens with one attached hydrogen (secondary N) is 6. The van der Waals surface area contributed by atoms with Crippen molar-refractivity contribution in [2.45, 2.75) is 122 Å². The number of fused-ring (bicyclic) bond motifs is 1. The van der Waals surface area contributed by atoms with Crippen LogP contribution in [-0.2, 0) is 51.1 Å². The molecule has 7 amide bonds. The van der Waals surface area contributed by atoms with E-state index in [2.05, 4.69) is 31.9 Å². The molecular formula is C40H57N7O11. The highest BCUT2D eigenvalue weighted by Gasteiger charge is 2.57. The Bertz CT molecular complexity index is 1730. The predicted octanol–water partition coefficient (Wildman–Crippen LogP) is 2.94. The Kier molecular flexibility index (Phi) is 15.8. The number of primary amides is 1. The first-order valence-electron chi connectivity index (χ1n) is 19.3. The van der Waals surface area contributed by atoms with Crippen molar-refractivity contribution in [3.63, 3.8) is 0 Å². The average Bonchev–Trinajstić information content (AvgIpc) is 3.62. The number of hydrogen-bond acceptors (Lipinski definition) is 11. The van der Waals surface area contributed by atoms with Crippen LogP contribution in [0.4, 0.5) is 20.1 Å². The van der Waals surface area contributed by atoms with E-state index in [4.69, 9.17) is 29.4 Å². The predicted molar refractivity (Wildman–Crippen MR) is 211 cm³/mol. The van der Waals surface area contributed by atoms with Crippen molar-refractivity contribution < 1.29 is 52.5 Å². The molecule has 18 nitrogen and oxygen atoms in total. The molecule has 2 aliphatic heterocycles. The van der Waals surface area contributed by atoms with E-state index in [1.54, 1.807) is 84.9 Å². The summed E-state index contributed by atoms with van der Waals surface area (Å²) in [7, 11) is 0. The van der Waals surface area contributed by atoms with E-state index in [0.29, 0.717) is 18.7 Å². The van der Waals surface area contributed by atoms with E-state index < -0.39 is 89.9 Å². The zero-order valence-electron chi connectivity index (χ0n) is 34.0. The van der Waals surface area contributed by atoms with Crippen LogP contribution in [0.25, 0.3) is 0 Å². The Morgan fingerprint density at radius 3 is 2.17 bits per heavy atom. The van der Waals surface area contributed by atoms with Crippen molar-refractivity contribution in [2.75, 3.05) is 18.4 Å². The summed E-state index contributed by atoms with van der Waals surface area (Å²) >= 11 is 0. The van der Waals surface area contributed by atoms with Gasteiger partial charge in [-0.15, -0.1) is 0 Å². The molecule has 2 aliphatic rings. The Morgan fingerprint density at radius 2 is 1.53 bits per heavy atom. The van der Waals surface area contributed by atoms with E-state index in [0.717, 1.165) is 11.1 Å². The number of amides is 7. The van der Waals surface area contributed by atoms with Gasteiger partial charge in [0.05, 0.1) is 6.04 Å². The zero-order valence-corrected chi connectivity index (χ0v) is 34.0. The van der Waals surface area contributed by atoms with Crippen molar-refractivity contribution in [3.8, 4) is 0 Å². The summed E-state index contributed by atoms with van der Waals surface area (Å²) in [5.74, 6) is -3.44. The minimum atomic E-state index is -1.33. The lowest BCUT2D eigenvalue weighted by atomic mass is 10.0. The number of urea groups is 1. The topological polar surface area (TPSA) is 247 Å². The lowest BCUT2D eigenvalue weighted by Gasteiger charge is -2.29. The summed E-state index contributed by atoms with van der Waals surface area (Å²) in [4.78, 5) is 77.5. The van der Waals surface area contributed by atoms with Crippen molar-refractivity contribution >= 4 is 41.6 Å². The van der Waals surface area contributed by atoms with Gasteiger partial charge in [-0.1, -0.05) is 56.3 Å². The molecule has 0 spiro atoms. The number of ether oxygens (including phenoxy) is 5. The van der Waals surface area contributed by atoms with Crippen LogP contribution < -0.4 is 37.6 Å². The zero-order chi connectivity index (χ0) is 42.6. The van der Waals surface area contributed by atoms with Gasteiger partial charge in [0.2, 0.25) is 11.8 Å². The fraction of sp³-hybridized carbons (Fsp3) is 0.550. The van der Waals surface area contributed by atoms with E-state index in [-0.39, 0.29) is 26.0 Å². The van der Waals surface area contributed by atoms with Crippen LogP contribution in [-0.4, -0.2) is 97.0 Å². The quantitative estimate of drug-likeness (QED) is 0.115. The minimum absolute atomic E-state index is 0.0165. The Morgan fingerprint density at radius 1 is 0.845 bits per heavy atom. The molecule has 2 fully saturated rings. The van der Waals surface area contributed by atoms with E-state index in [1.807, 2.05) is 18.2 Å².